The van der Waals surface area contributed by atoms with Crippen LogP contribution in [0.5, 0.6) is 0 Å². The zero-order valence-corrected chi connectivity index (χ0v) is 20.5. The summed E-state index contributed by atoms with van der Waals surface area (Å²) in [6.45, 7) is 2.06. The molecule has 0 aromatic carbocycles. The maximum Gasteiger partial charge on any atom is 0.342 e. The van der Waals surface area contributed by atoms with Crippen molar-refractivity contribution in [2.75, 3.05) is 6.61 Å². The fourth-order valence-electron chi connectivity index (χ4n) is 4.27. The molecule has 34 heavy (non-hydrogen) atoms. The molecule has 0 bridgehead atoms. The van der Waals surface area contributed by atoms with Gasteiger partial charge in [0.2, 0.25) is 0 Å². The lowest BCUT2D eigenvalue weighted by Crippen LogP contribution is -2.21. The maximum absolute atomic E-state index is 11.6. The van der Waals surface area contributed by atoms with Gasteiger partial charge in [-0.15, -0.1) is 0 Å². The number of carboxylic acids is 1. The van der Waals surface area contributed by atoms with Crippen LogP contribution in [0, 0.1) is 0 Å². The molecule has 0 radical (unpaired) electrons. The van der Waals surface area contributed by atoms with Crippen LogP contribution in [0.2, 0.25) is 10.3 Å². The molecule has 4 rings (SSSR count). The minimum atomic E-state index is -1.06. The van der Waals surface area contributed by atoms with E-state index in [1.807, 2.05) is 0 Å². The third-order valence-electron chi connectivity index (χ3n) is 6.20. The second kappa shape index (κ2) is 12.0. The van der Waals surface area contributed by atoms with Gasteiger partial charge in [0, 0.05) is 6.20 Å². The first kappa shape index (κ1) is 26.5. The first-order valence-corrected chi connectivity index (χ1v) is 12.2. The van der Waals surface area contributed by atoms with Crippen molar-refractivity contribution < 1.29 is 29.6 Å². The molecule has 0 amide bonds. The van der Waals surface area contributed by atoms with Crippen molar-refractivity contribution in [2.24, 2.45) is 0 Å². The van der Waals surface area contributed by atoms with Crippen molar-refractivity contribution >= 4 is 35.1 Å². The number of carbonyl (C=O) groups excluding carboxylic acids is 1. The highest BCUT2D eigenvalue weighted by Gasteiger charge is 2.26. The fourth-order valence-corrected chi connectivity index (χ4v) is 4.80. The van der Waals surface area contributed by atoms with Crippen LogP contribution in [-0.4, -0.2) is 65.6 Å². The van der Waals surface area contributed by atoms with E-state index >= 15 is 0 Å². The first-order chi connectivity index (χ1) is 16.2. The number of carbonyl (C=O) groups is 2. The summed E-state index contributed by atoms with van der Waals surface area (Å²) in [5.41, 5.74) is 0.345. The van der Waals surface area contributed by atoms with Gasteiger partial charge < -0.3 is 20.1 Å². The van der Waals surface area contributed by atoms with Gasteiger partial charge in [-0.25, -0.2) is 9.59 Å². The minimum Gasteiger partial charge on any atom is -0.478 e. The standard InChI is InChI=1S/C12H17ClN2O3.C10H13ClN2O3/c1-2-18-12(17)10-7-15(14-11(10)13)8-3-5-9(16)6-4-8;11-9-8(10(15)16)5-12-13(9)6-1-3-7(14)4-2-6/h7-9,16H,2-6H2,1H3;5-7,14H,1-4H2,(H,15,16). The highest BCUT2D eigenvalue weighted by molar-refractivity contribution is 6.32. The summed E-state index contributed by atoms with van der Waals surface area (Å²) >= 11 is 11.9. The predicted octanol–water partition coefficient (Wildman–Crippen LogP) is 3.90. The molecule has 0 saturated heterocycles. The molecule has 2 heterocycles. The van der Waals surface area contributed by atoms with Crippen LogP contribution in [0.1, 0.15) is 91.1 Å². The number of ether oxygens (including phenoxy) is 1. The summed E-state index contributed by atoms with van der Waals surface area (Å²) in [4.78, 5) is 22.4. The predicted molar refractivity (Wildman–Crippen MR) is 124 cm³/mol. The molecule has 2 aliphatic rings. The van der Waals surface area contributed by atoms with Gasteiger partial charge in [-0.1, -0.05) is 23.2 Å². The molecule has 0 aliphatic heterocycles. The van der Waals surface area contributed by atoms with E-state index in [9.17, 15) is 19.8 Å². The molecule has 0 spiro atoms. The number of aromatic nitrogens is 4. The Bertz CT molecular complexity index is 978. The Morgan fingerprint density at radius 2 is 1.56 bits per heavy atom. The number of esters is 1. The fraction of sp³-hybridized carbons (Fsp3) is 0.636. The zero-order valence-electron chi connectivity index (χ0n) is 18.9. The van der Waals surface area contributed by atoms with Crippen LogP contribution in [0.15, 0.2) is 12.4 Å². The Labute approximate surface area is 207 Å². The summed E-state index contributed by atoms with van der Waals surface area (Å²) in [7, 11) is 0. The molecule has 188 valence electrons. The number of hydrogen-bond donors (Lipinski definition) is 3. The first-order valence-electron chi connectivity index (χ1n) is 11.4. The number of nitrogens with zero attached hydrogens (tertiary/aromatic N) is 4. The van der Waals surface area contributed by atoms with E-state index in [1.54, 1.807) is 22.5 Å². The molecule has 2 fully saturated rings. The number of halogens is 2. The van der Waals surface area contributed by atoms with Gasteiger partial charge >= 0.3 is 11.9 Å². The molecular formula is C22H30Cl2N4O6. The lowest BCUT2D eigenvalue weighted by Gasteiger charge is -2.26. The smallest absolute Gasteiger partial charge is 0.342 e. The highest BCUT2D eigenvalue weighted by Crippen LogP contribution is 2.32. The number of hydrogen-bond acceptors (Lipinski definition) is 7. The Morgan fingerprint density at radius 3 is 2.06 bits per heavy atom. The molecule has 0 unspecified atom stereocenters. The van der Waals surface area contributed by atoms with E-state index in [0.29, 0.717) is 25.0 Å². The summed E-state index contributed by atoms with van der Waals surface area (Å²) in [5.74, 6) is -1.50. The molecule has 2 saturated carbocycles. The van der Waals surface area contributed by atoms with E-state index in [4.69, 9.17) is 33.0 Å². The van der Waals surface area contributed by atoms with Gasteiger partial charge in [-0.3, -0.25) is 9.36 Å². The third-order valence-corrected chi connectivity index (χ3v) is 6.86. The lowest BCUT2D eigenvalue weighted by atomic mass is 9.93. The topological polar surface area (TPSA) is 140 Å². The highest BCUT2D eigenvalue weighted by atomic mass is 35.5. The number of aliphatic hydroxyl groups is 2. The van der Waals surface area contributed by atoms with Crippen molar-refractivity contribution in [2.45, 2.75) is 82.6 Å². The van der Waals surface area contributed by atoms with Gasteiger partial charge in [-0.05, 0) is 58.3 Å². The van der Waals surface area contributed by atoms with Crippen molar-refractivity contribution in [1.82, 2.24) is 19.6 Å². The molecule has 10 nitrogen and oxygen atoms in total. The Hall–Kier alpha value is -2.14. The normalized spacial score (nSPS) is 24.7. The van der Waals surface area contributed by atoms with Crippen molar-refractivity contribution in [3.63, 3.8) is 0 Å². The van der Waals surface area contributed by atoms with E-state index < -0.39 is 11.9 Å². The summed E-state index contributed by atoms with van der Waals surface area (Å²) in [6, 6.07) is 0.304. The van der Waals surface area contributed by atoms with Crippen molar-refractivity contribution in [3.05, 3.63) is 33.8 Å². The monoisotopic (exact) mass is 516 g/mol. The second-order valence-corrected chi connectivity index (χ2v) is 9.27. The van der Waals surface area contributed by atoms with E-state index in [-0.39, 0.29) is 40.2 Å². The zero-order chi connectivity index (χ0) is 24.8. The number of carboxylic acid groups (broad SMARTS) is 1. The average Bonchev–Trinajstić information content (AvgIpc) is 3.38. The van der Waals surface area contributed by atoms with Gasteiger partial charge in [0.15, 0.2) is 5.15 Å². The van der Waals surface area contributed by atoms with Crippen LogP contribution < -0.4 is 0 Å². The molecule has 2 aromatic rings. The quantitative estimate of drug-likeness (QED) is 0.508. The molecule has 2 aromatic heterocycles. The molecule has 2 aliphatic carbocycles. The van der Waals surface area contributed by atoms with Crippen LogP contribution >= 0.6 is 23.2 Å². The number of aliphatic hydroxyl groups excluding tert-OH is 2. The molecular weight excluding hydrogens is 487 g/mol. The van der Waals surface area contributed by atoms with Crippen LogP contribution in [0.3, 0.4) is 0 Å². The van der Waals surface area contributed by atoms with Gasteiger partial charge in [0.05, 0.1) is 37.1 Å². The number of aromatic carboxylic acids is 1. The largest absolute Gasteiger partial charge is 0.478 e. The molecule has 12 heteroatoms. The van der Waals surface area contributed by atoms with Gasteiger partial charge in [0.25, 0.3) is 0 Å². The van der Waals surface area contributed by atoms with Crippen LogP contribution in [0.25, 0.3) is 0 Å². The SMILES string of the molecule is CCOC(=O)c1cn(C2CCC(O)CC2)nc1Cl.O=C(O)c1cnn(C2CCC(O)CC2)c1Cl. The lowest BCUT2D eigenvalue weighted by molar-refractivity contribution is 0.0525. The average molecular weight is 517 g/mol. The minimum absolute atomic E-state index is 0.0350. The molecule has 3 N–H and O–H groups in total. The third kappa shape index (κ3) is 6.50. The summed E-state index contributed by atoms with van der Waals surface area (Å²) in [5, 5.41) is 36.2. The number of rotatable bonds is 5. The Morgan fingerprint density at radius 1 is 1.00 bits per heavy atom. The van der Waals surface area contributed by atoms with Crippen molar-refractivity contribution in [3.8, 4) is 0 Å². The van der Waals surface area contributed by atoms with Crippen molar-refractivity contribution in [1.29, 1.82) is 0 Å². The molecule has 0 atom stereocenters. The second-order valence-electron chi connectivity index (χ2n) is 8.56. The van der Waals surface area contributed by atoms with Gasteiger partial charge in [0.1, 0.15) is 16.3 Å². The Balaban J connectivity index is 0.000000192. The summed E-state index contributed by atoms with van der Waals surface area (Å²) < 4.78 is 8.18. The Kier molecular flexibility index (Phi) is 9.35. The van der Waals surface area contributed by atoms with Crippen LogP contribution in [0.4, 0.5) is 0 Å². The van der Waals surface area contributed by atoms with Crippen LogP contribution in [-0.2, 0) is 4.74 Å². The summed E-state index contributed by atoms with van der Waals surface area (Å²) in [6.07, 6.45) is 8.66. The van der Waals surface area contributed by atoms with E-state index in [0.717, 1.165) is 38.5 Å². The van der Waals surface area contributed by atoms with E-state index in [1.165, 1.54) is 6.20 Å². The maximum atomic E-state index is 11.6. The van der Waals surface area contributed by atoms with Gasteiger partial charge in [-0.2, -0.15) is 10.2 Å². The van der Waals surface area contributed by atoms with E-state index in [2.05, 4.69) is 10.2 Å².